The predicted octanol–water partition coefficient (Wildman–Crippen LogP) is 2.39. The van der Waals surface area contributed by atoms with Crippen LogP contribution in [-0.2, 0) is 29.4 Å². The van der Waals surface area contributed by atoms with E-state index in [0.717, 1.165) is 27.0 Å². The van der Waals surface area contributed by atoms with Crippen LogP contribution in [0.3, 0.4) is 0 Å². The Hall–Kier alpha value is -4.15. The van der Waals surface area contributed by atoms with Gasteiger partial charge in [-0.15, -0.1) is 0 Å². The van der Waals surface area contributed by atoms with Crippen molar-refractivity contribution in [3.05, 3.63) is 91.3 Å². The van der Waals surface area contributed by atoms with Gasteiger partial charge in [-0.3, -0.25) is 14.2 Å². The molecule has 1 aliphatic carbocycles. The second kappa shape index (κ2) is 8.71. The molecule has 198 valence electrons. The summed E-state index contributed by atoms with van der Waals surface area (Å²) in [6.45, 7) is 1.64. The zero-order valence-corrected chi connectivity index (χ0v) is 20.6. The molecule has 8 nitrogen and oxygen atoms in total. The van der Waals surface area contributed by atoms with Crippen molar-refractivity contribution in [2.24, 2.45) is 0 Å². The lowest BCUT2D eigenvalue weighted by molar-refractivity contribution is -0.255. The average molecular weight is 526 g/mol. The number of aromatic nitrogens is 2. The molecule has 5 rings (SSSR count). The zero-order valence-electron chi connectivity index (χ0n) is 20.6. The molecule has 1 atom stereocenters. The van der Waals surface area contributed by atoms with Crippen molar-refractivity contribution in [3.63, 3.8) is 0 Å². The van der Waals surface area contributed by atoms with E-state index in [-0.39, 0.29) is 48.4 Å². The van der Waals surface area contributed by atoms with Crippen LogP contribution in [0.1, 0.15) is 58.8 Å². The summed E-state index contributed by atoms with van der Waals surface area (Å²) in [6.07, 6.45) is -3.05. The lowest BCUT2D eigenvalue weighted by Gasteiger charge is -2.32. The monoisotopic (exact) mass is 526 g/mol. The van der Waals surface area contributed by atoms with Crippen molar-refractivity contribution in [2.45, 2.75) is 50.7 Å². The van der Waals surface area contributed by atoms with Crippen LogP contribution < -0.4 is 21.3 Å². The van der Waals surface area contributed by atoms with E-state index in [1.807, 2.05) is 0 Å². The Labute approximate surface area is 214 Å². The molecule has 1 aliphatic heterocycles. The second-order valence-electron chi connectivity index (χ2n) is 9.60. The van der Waals surface area contributed by atoms with Gasteiger partial charge in [0.1, 0.15) is 0 Å². The number of anilines is 1. The van der Waals surface area contributed by atoms with E-state index in [1.54, 1.807) is 26.1 Å². The first-order chi connectivity index (χ1) is 17.9. The Bertz CT molecular complexity index is 1620. The van der Waals surface area contributed by atoms with Gasteiger partial charge in [-0.1, -0.05) is 19.1 Å². The predicted molar refractivity (Wildman–Crippen MR) is 129 cm³/mol. The number of carbonyl (C=O) groups excluding carboxylic acids is 2. The molecule has 11 heteroatoms. The van der Waals surface area contributed by atoms with Gasteiger partial charge in [0.05, 0.1) is 28.3 Å². The number of hydrogen-bond donors (Lipinski definition) is 0. The van der Waals surface area contributed by atoms with Crippen LogP contribution >= 0.6 is 0 Å². The van der Waals surface area contributed by atoms with Crippen molar-refractivity contribution in [3.8, 4) is 5.69 Å². The minimum Gasteiger partial charge on any atom is -0.545 e. The highest BCUT2D eigenvalue weighted by Crippen LogP contribution is 2.46. The summed E-state index contributed by atoms with van der Waals surface area (Å²) >= 11 is 0. The number of alkyl halides is 3. The first-order valence-electron chi connectivity index (χ1n) is 12.1. The SMILES string of the molecule is CCC1(n2c(=O)c(C(=O)[O-])cn(-c3ccc4c(c3)CCC(=O)N4C)c2=O)CCc2c(C(F)(F)F)cccc21. The summed E-state index contributed by atoms with van der Waals surface area (Å²) in [5.41, 5.74) is -3.35. The quantitative estimate of drug-likeness (QED) is 0.519. The normalized spacial score (nSPS) is 18.9. The fraction of sp³-hybridized carbons (Fsp3) is 0.333. The maximum atomic E-state index is 13.9. The number of nitrogens with zero attached hydrogens (tertiary/aromatic N) is 3. The number of benzene rings is 2. The van der Waals surface area contributed by atoms with Gasteiger partial charge in [-0.25, -0.2) is 9.36 Å². The lowest BCUT2D eigenvalue weighted by Crippen LogP contribution is -2.53. The van der Waals surface area contributed by atoms with Crippen LogP contribution in [0.2, 0.25) is 0 Å². The van der Waals surface area contributed by atoms with Crippen LogP contribution in [0.25, 0.3) is 5.69 Å². The third-order valence-electron chi connectivity index (χ3n) is 7.78. The van der Waals surface area contributed by atoms with Crippen molar-refractivity contribution in [1.82, 2.24) is 9.13 Å². The van der Waals surface area contributed by atoms with Gasteiger partial charge in [0.2, 0.25) is 5.91 Å². The van der Waals surface area contributed by atoms with Crippen LogP contribution in [0.4, 0.5) is 18.9 Å². The third-order valence-corrected chi connectivity index (χ3v) is 7.78. The molecule has 2 aromatic carbocycles. The molecule has 0 spiro atoms. The molecule has 3 aromatic rings. The van der Waals surface area contributed by atoms with E-state index in [0.29, 0.717) is 12.1 Å². The summed E-state index contributed by atoms with van der Waals surface area (Å²) in [5, 5.41) is 12.0. The number of aromatic carboxylic acids is 1. The molecule has 0 saturated carbocycles. The van der Waals surface area contributed by atoms with Crippen molar-refractivity contribution >= 4 is 17.6 Å². The van der Waals surface area contributed by atoms with Crippen LogP contribution in [-0.4, -0.2) is 28.1 Å². The molecule has 2 aliphatic rings. The Morgan fingerprint density at radius 3 is 2.47 bits per heavy atom. The Morgan fingerprint density at radius 1 is 1.08 bits per heavy atom. The number of fused-ring (bicyclic) bond motifs is 2. The number of hydrogen-bond acceptors (Lipinski definition) is 5. The highest BCUT2D eigenvalue weighted by Gasteiger charge is 2.46. The summed E-state index contributed by atoms with van der Waals surface area (Å²) in [5.74, 6) is -1.88. The number of carboxylic acids is 1. The molecular weight excluding hydrogens is 503 g/mol. The molecule has 0 bridgehead atoms. The molecule has 1 unspecified atom stereocenters. The van der Waals surface area contributed by atoms with E-state index in [9.17, 15) is 37.5 Å². The van der Waals surface area contributed by atoms with Gasteiger partial charge >= 0.3 is 11.9 Å². The van der Waals surface area contributed by atoms with E-state index < -0.39 is 40.1 Å². The van der Waals surface area contributed by atoms with Gasteiger partial charge in [0.15, 0.2) is 0 Å². The van der Waals surface area contributed by atoms with E-state index >= 15 is 0 Å². The second-order valence-corrected chi connectivity index (χ2v) is 9.60. The molecular formula is C27H23F3N3O5-. The van der Waals surface area contributed by atoms with Gasteiger partial charge < -0.3 is 14.8 Å². The molecule has 38 heavy (non-hydrogen) atoms. The van der Waals surface area contributed by atoms with Crippen LogP contribution in [0.15, 0.2) is 52.2 Å². The number of amides is 1. The Morgan fingerprint density at radius 2 is 1.82 bits per heavy atom. The number of carbonyl (C=O) groups is 2. The molecule has 0 N–H and O–H groups in total. The zero-order chi connectivity index (χ0) is 27.6. The van der Waals surface area contributed by atoms with Crippen molar-refractivity contribution < 1.29 is 27.9 Å². The van der Waals surface area contributed by atoms with Crippen LogP contribution in [0, 0.1) is 0 Å². The van der Waals surface area contributed by atoms with E-state index in [2.05, 4.69) is 0 Å². The van der Waals surface area contributed by atoms with E-state index in [4.69, 9.17) is 0 Å². The fourth-order valence-electron chi connectivity index (χ4n) is 5.83. The molecule has 1 amide bonds. The van der Waals surface area contributed by atoms with Gasteiger partial charge in [-0.2, -0.15) is 13.2 Å². The maximum Gasteiger partial charge on any atom is 0.416 e. The largest absolute Gasteiger partial charge is 0.545 e. The summed E-state index contributed by atoms with van der Waals surface area (Å²) in [4.78, 5) is 52.9. The topological polar surface area (TPSA) is 104 Å². The first kappa shape index (κ1) is 25.5. The number of rotatable bonds is 4. The maximum absolute atomic E-state index is 13.9. The summed E-state index contributed by atoms with van der Waals surface area (Å²) < 4.78 is 43.1. The van der Waals surface area contributed by atoms with E-state index in [1.165, 1.54) is 23.1 Å². The molecule has 1 aromatic heterocycles. The Kier molecular flexibility index (Phi) is 5.85. The first-order valence-corrected chi connectivity index (χ1v) is 12.1. The summed E-state index contributed by atoms with van der Waals surface area (Å²) in [6, 6.07) is 8.42. The molecule has 0 fully saturated rings. The Balaban J connectivity index is 1.78. The smallest absolute Gasteiger partial charge is 0.416 e. The molecule has 0 radical (unpaired) electrons. The third kappa shape index (κ3) is 3.67. The minimum atomic E-state index is -4.63. The number of aryl methyl sites for hydroxylation is 1. The number of halogens is 3. The fourth-order valence-corrected chi connectivity index (χ4v) is 5.83. The lowest BCUT2D eigenvalue weighted by atomic mass is 9.87. The van der Waals surface area contributed by atoms with Crippen LogP contribution in [0.5, 0.6) is 0 Å². The molecule has 2 heterocycles. The standard InChI is InChI=1S/C27H24F3N3O5/c1-3-26(12-11-17-19(26)5-4-6-20(17)27(28,29)30)33-23(35)18(24(36)37)14-32(25(33)38)16-8-9-21-15(13-16)7-10-22(34)31(21)2/h4-6,8-9,13-14H,3,7,10-12H2,1-2H3,(H,36,37)/p-1. The minimum absolute atomic E-state index is 0.00860. The highest BCUT2D eigenvalue weighted by molar-refractivity contribution is 5.96. The van der Waals surface area contributed by atoms with Gasteiger partial charge in [0, 0.05) is 25.4 Å². The average Bonchev–Trinajstić information content (AvgIpc) is 3.25. The van der Waals surface area contributed by atoms with Crippen molar-refractivity contribution in [1.29, 1.82) is 0 Å². The van der Waals surface area contributed by atoms with Gasteiger partial charge in [0.25, 0.3) is 5.56 Å². The summed E-state index contributed by atoms with van der Waals surface area (Å²) in [7, 11) is 1.62. The van der Waals surface area contributed by atoms with Gasteiger partial charge in [-0.05, 0) is 66.6 Å². The molecule has 0 saturated heterocycles. The number of carboxylic acid groups (broad SMARTS) is 1. The van der Waals surface area contributed by atoms with Crippen molar-refractivity contribution in [2.75, 3.05) is 11.9 Å². The highest BCUT2D eigenvalue weighted by atomic mass is 19.4.